The molecule has 0 saturated carbocycles. The zero-order valence-electron chi connectivity index (χ0n) is 13.2. The number of nitrogens with zero attached hydrogens (tertiary/aromatic N) is 3. The Morgan fingerprint density at radius 3 is 3.13 bits per heavy atom. The van der Waals surface area contributed by atoms with Crippen LogP contribution in [0.5, 0.6) is 0 Å². The van der Waals surface area contributed by atoms with Gasteiger partial charge in [0.15, 0.2) is 5.65 Å². The molecule has 3 heterocycles. The first-order valence-corrected chi connectivity index (χ1v) is 8.25. The zero-order chi connectivity index (χ0) is 16.1. The first-order valence-electron chi connectivity index (χ1n) is 8.25. The van der Waals surface area contributed by atoms with E-state index in [2.05, 4.69) is 15.7 Å². The molecule has 1 atom stereocenters. The summed E-state index contributed by atoms with van der Waals surface area (Å²) in [4.78, 5) is 24.0. The molecule has 1 aliphatic rings. The monoisotopic (exact) mass is 317 g/mol. The van der Waals surface area contributed by atoms with Gasteiger partial charge >= 0.3 is 5.69 Å². The Labute approximate surface area is 134 Å². The first kappa shape index (κ1) is 15.7. The van der Waals surface area contributed by atoms with Crippen molar-refractivity contribution in [3.05, 3.63) is 34.9 Å². The van der Waals surface area contributed by atoms with Gasteiger partial charge in [-0.3, -0.25) is 9.20 Å². The molecule has 3 rings (SSSR count). The van der Waals surface area contributed by atoms with Crippen LogP contribution < -0.4 is 16.3 Å². The number of fused-ring (bicyclic) bond motifs is 1. The number of hydrogen-bond acceptors (Lipinski definition) is 4. The maximum atomic E-state index is 12.1. The van der Waals surface area contributed by atoms with E-state index < -0.39 is 0 Å². The molecule has 0 radical (unpaired) electrons. The normalized spacial score (nSPS) is 18.2. The van der Waals surface area contributed by atoms with Crippen LogP contribution in [0.4, 0.5) is 0 Å². The van der Waals surface area contributed by atoms with Crippen LogP contribution in [0, 0.1) is 5.92 Å². The van der Waals surface area contributed by atoms with E-state index in [1.54, 1.807) is 18.3 Å². The smallest absolute Gasteiger partial charge is 0.350 e. The average molecular weight is 317 g/mol. The van der Waals surface area contributed by atoms with Crippen LogP contribution in [-0.2, 0) is 11.3 Å². The van der Waals surface area contributed by atoms with E-state index in [9.17, 15) is 9.59 Å². The molecule has 2 aromatic rings. The minimum atomic E-state index is -0.207. The van der Waals surface area contributed by atoms with E-state index in [4.69, 9.17) is 0 Å². The fourth-order valence-electron chi connectivity index (χ4n) is 3.00. The molecule has 2 N–H and O–H groups in total. The van der Waals surface area contributed by atoms with Gasteiger partial charge in [0.05, 0.1) is 6.54 Å². The van der Waals surface area contributed by atoms with Gasteiger partial charge in [-0.25, -0.2) is 9.48 Å². The number of carbonyl (C=O) groups is 1. The van der Waals surface area contributed by atoms with Crippen LogP contribution >= 0.6 is 0 Å². The Bertz CT molecular complexity index is 715. The van der Waals surface area contributed by atoms with Crippen LogP contribution in [0.1, 0.15) is 25.7 Å². The van der Waals surface area contributed by atoms with Gasteiger partial charge in [0.2, 0.25) is 5.91 Å². The Morgan fingerprint density at radius 2 is 2.35 bits per heavy atom. The highest BCUT2D eigenvalue weighted by atomic mass is 16.2. The van der Waals surface area contributed by atoms with Crippen LogP contribution in [0.3, 0.4) is 0 Å². The first-order chi connectivity index (χ1) is 11.2. The van der Waals surface area contributed by atoms with E-state index in [0.29, 0.717) is 24.7 Å². The van der Waals surface area contributed by atoms with Crippen LogP contribution in [0.15, 0.2) is 29.2 Å². The third kappa shape index (κ3) is 3.98. The summed E-state index contributed by atoms with van der Waals surface area (Å²) >= 11 is 0. The van der Waals surface area contributed by atoms with Crippen molar-refractivity contribution in [1.29, 1.82) is 0 Å². The van der Waals surface area contributed by atoms with Crippen molar-refractivity contribution in [2.75, 3.05) is 19.6 Å². The van der Waals surface area contributed by atoms with Gasteiger partial charge in [0.1, 0.15) is 0 Å². The highest BCUT2D eigenvalue weighted by Crippen LogP contribution is 2.12. The van der Waals surface area contributed by atoms with Crippen molar-refractivity contribution >= 4 is 11.6 Å². The number of rotatable bonds is 6. The van der Waals surface area contributed by atoms with Gasteiger partial charge in [-0.1, -0.05) is 6.07 Å². The molecular formula is C16H23N5O2. The van der Waals surface area contributed by atoms with Gasteiger partial charge in [-0.15, -0.1) is 5.10 Å². The summed E-state index contributed by atoms with van der Waals surface area (Å²) in [6.07, 6.45) is 5.41. The van der Waals surface area contributed by atoms with E-state index in [1.165, 1.54) is 21.9 Å². The van der Waals surface area contributed by atoms with Gasteiger partial charge in [0.25, 0.3) is 0 Å². The summed E-state index contributed by atoms with van der Waals surface area (Å²) in [5.74, 6) is 0.628. The number of amides is 1. The summed E-state index contributed by atoms with van der Waals surface area (Å²) in [6, 6.07) is 5.39. The number of aryl methyl sites for hydroxylation is 1. The molecule has 1 fully saturated rings. The standard InChI is InChI=1S/C16H23N5O2/c22-15(18-9-6-13-4-3-8-17-12-13)7-11-21-16(23)20-10-2-1-5-14(20)19-21/h1-2,5,10,13,17H,3-4,6-9,11-12H2,(H,18,22). The van der Waals surface area contributed by atoms with Crippen molar-refractivity contribution in [2.24, 2.45) is 5.92 Å². The molecule has 1 amide bonds. The third-order valence-electron chi connectivity index (χ3n) is 4.31. The number of nitrogens with one attached hydrogen (secondary N) is 2. The Morgan fingerprint density at radius 1 is 1.43 bits per heavy atom. The molecule has 1 aliphatic heterocycles. The molecule has 7 heteroatoms. The summed E-state index contributed by atoms with van der Waals surface area (Å²) in [5, 5.41) is 10.5. The van der Waals surface area contributed by atoms with E-state index in [-0.39, 0.29) is 18.0 Å². The molecule has 0 bridgehead atoms. The topological polar surface area (TPSA) is 80.4 Å². The highest BCUT2D eigenvalue weighted by Gasteiger charge is 2.13. The second-order valence-corrected chi connectivity index (χ2v) is 6.04. The highest BCUT2D eigenvalue weighted by molar-refractivity contribution is 5.75. The predicted molar refractivity (Wildman–Crippen MR) is 87.3 cm³/mol. The van der Waals surface area contributed by atoms with Crippen molar-refractivity contribution in [2.45, 2.75) is 32.2 Å². The lowest BCUT2D eigenvalue weighted by Gasteiger charge is -2.22. The fraction of sp³-hybridized carbons (Fsp3) is 0.562. The molecule has 0 aromatic carbocycles. The van der Waals surface area contributed by atoms with Crippen molar-refractivity contribution < 1.29 is 4.79 Å². The Kier molecular flexibility index (Phi) is 5.07. The zero-order valence-corrected chi connectivity index (χ0v) is 13.2. The lowest BCUT2D eigenvalue weighted by molar-refractivity contribution is -0.121. The largest absolute Gasteiger partial charge is 0.356 e. The third-order valence-corrected chi connectivity index (χ3v) is 4.31. The molecule has 2 aromatic heterocycles. The molecule has 7 nitrogen and oxygen atoms in total. The molecule has 0 spiro atoms. The minimum Gasteiger partial charge on any atom is -0.356 e. The van der Waals surface area contributed by atoms with E-state index >= 15 is 0 Å². The number of piperidine rings is 1. The Balaban J connectivity index is 1.44. The number of hydrogen-bond donors (Lipinski definition) is 2. The van der Waals surface area contributed by atoms with Crippen LogP contribution in [0.25, 0.3) is 5.65 Å². The Hall–Kier alpha value is -2.15. The fourth-order valence-corrected chi connectivity index (χ4v) is 3.00. The average Bonchev–Trinajstić information content (AvgIpc) is 2.90. The molecular weight excluding hydrogens is 294 g/mol. The summed E-state index contributed by atoms with van der Waals surface area (Å²) in [5.41, 5.74) is 0.393. The lowest BCUT2D eigenvalue weighted by Crippen LogP contribution is -2.33. The van der Waals surface area contributed by atoms with Crippen LogP contribution in [-0.4, -0.2) is 39.7 Å². The predicted octanol–water partition coefficient (Wildman–Crippen LogP) is 0.392. The number of carbonyl (C=O) groups excluding carboxylic acids is 1. The number of aromatic nitrogens is 3. The summed E-state index contributed by atoms with van der Waals surface area (Å²) < 4.78 is 2.83. The van der Waals surface area contributed by atoms with Crippen molar-refractivity contribution in [3.63, 3.8) is 0 Å². The lowest BCUT2D eigenvalue weighted by atomic mass is 9.96. The van der Waals surface area contributed by atoms with E-state index in [0.717, 1.165) is 19.5 Å². The van der Waals surface area contributed by atoms with E-state index in [1.807, 2.05) is 6.07 Å². The minimum absolute atomic E-state index is 0.0299. The second-order valence-electron chi connectivity index (χ2n) is 6.04. The number of pyridine rings is 1. The van der Waals surface area contributed by atoms with Crippen molar-refractivity contribution in [3.8, 4) is 0 Å². The maximum Gasteiger partial charge on any atom is 0.350 e. The van der Waals surface area contributed by atoms with Gasteiger partial charge in [0, 0.05) is 19.2 Å². The molecule has 23 heavy (non-hydrogen) atoms. The molecule has 124 valence electrons. The van der Waals surface area contributed by atoms with Crippen LogP contribution in [0.2, 0.25) is 0 Å². The SMILES string of the molecule is O=C(CCn1nc2ccccn2c1=O)NCCC1CCCNC1. The molecule has 1 unspecified atom stereocenters. The van der Waals surface area contributed by atoms with Gasteiger partial charge in [-0.05, 0) is 50.4 Å². The summed E-state index contributed by atoms with van der Waals surface area (Å²) in [7, 11) is 0. The summed E-state index contributed by atoms with van der Waals surface area (Å²) in [6.45, 7) is 3.16. The van der Waals surface area contributed by atoms with Gasteiger partial charge < -0.3 is 10.6 Å². The molecule has 0 aliphatic carbocycles. The quantitative estimate of drug-likeness (QED) is 0.808. The van der Waals surface area contributed by atoms with Crippen molar-refractivity contribution in [1.82, 2.24) is 24.8 Å². The maximum absolute atomic E-state index is 12.1. The second kappa shape index (κ2) is 7.41. The molecule has 1 saturated heterocycles. The van der Waals surface area contributed by atoms with Gasteiger partial charge in [-0.2, -0.15) is 0 Å².